The number of piperidine rings is 1. The Hall–Kier alpha value is -1.46. The Labute approximate surface area is 208 Å². The van der Waals surface area contributed by atoms with Crippen LogP contribution in [0, 0.1) is 6.92 Å². The van der Waals surface area contributed by atoms with E-state index in [1.165, 1.54) is 12.8 Å². The monoisotopic (exact) mass is 559 g/mol. The molecule has 0 spiro atoms. The first-order valence-electron chi connectivity index (χ1n) is 11.6. The van der Waals surface area contributed by atoms with Crippen molar-refractivity contribution in [1.82, 2.24) is 15.2 Å². The third-order valence-electron chi connectivity index (χ3n) is 5.65. The minimum atomic E-state index is -0.0759. The van der Waals surface area contributed by atoms with Gasteiger partial charge in [0.05, 0.1) is 25.4 Å². The van der Waals surface area contributed by atoms with E-state index in [0.29, 0.717) is 25.4 Å². The Kier molecular flexibility index (Phi) is 12.3. The lowest BCUT2D eigenvalue weighted by Gasteiger charge is -2.35. The summed E-state index contributed by atoms with van der Waals surface area (Å²) in [6.07, 6.45) is 8.12. The maximum absolute atomic E-state index is 12.2. The zero-order valence-corrected chi connectivity index (χ0v) is 21.7. The van der Waals surface area contributed by atoms with Gasteiger partial charge in [0, 0.05) is 38.9 Å². The van der Waals surface area contributed by atoms with Gasteiger partial charge in [-0.2, -0.15) is 0 Å². The first-order valence-corrected chi connectivity index (χ1v) is 11.6. The first kappa shape index (κ1) is 26.8. The summed E-state index contributed by atoms with van der Waals surface area (Å²) in [4.78, 5) is 23.3. The van der Waals surface area contributed by atoms with E-state index in [4.69, 9.17) is 9.47 Å². The van der Waals surface area contributed by atoms with Gasteiger partial charge >= 0.3 is 0 Å². The SMILES string of the molecule is CCNC(=NCCC(=O)Nc1ccc(C)cn1)N1CCC(OCC2CCCCO2)CC1.I. The summed E-state index contributed by atoms with van der Waals surface area (Å²) >= 11 is 0. The lowest BCUT2D eigenvalue weighted by molar-refractivity contribution is -0.116. The molecule has 180 valence electrons. The number of aromatic nitrogens is 1. The van der Waals surface area contributed by atoms with Crippen LogP contribution in [0.1, 0.15) is 51.0 Å². The van der Waals surface area contributed by atoms with Crippen molar-refractivity contribution in [3.8, 4) is 0 Å². The van der Waals surface area contributed by atoms with Crippen molar-refractivity contribution in [2.75, 3.05) is 44.7 Å². The van der Waals surface area contributed by atoms with E-state index < -0.39 is 0 Å². The maximum Gasteiger partial charge on any atom is 0.227 e. The van der Waals surface area contributed by atoms with Crippen molar-refractivity contribution in [1.29, 1.82) is 0 Å². The van der Waals surface area contributed by atoms with Gasteiger partial charge in [-0.25, -0.2) is 4.98 Å². The number of aryl methyl sites for hydroxylation is 1. The van der Waals surface area contributed by atoms with E-state index >= 15 is 0 Å². The third kappa shape index (κ3) is 9.19. The Morgan fingerprint density at radius 1 is 1.28 bits per heavy atom. The second-order valence-corrected chi connectivity index (χ2v) is 8.26. The topological polar surface area (TPSA) is 88.1 Å². The highest BCUT2D eigenvalue weighted by atomic mass is 127. The number of likely N-dealkylation sites (tertiary alicyclic amines) is 1. The number of rotatable bonds is 8. The molecule has 32 heavy (non-hydrogen) atoms. The summed E-state index contributed by atoms with van der Waals surface area (Å²) < 4.78 is 11.9. The van der Waals surface area contributed by atoms with Crippen LogP contribution in [0.3, 0.4) is 0 Å². The molecule has 2 N–H and O–H groups in total. The number of carbonyl (C=O) groups is 1. The summed E-state index contributed by atoms with van der Waals surface area (Å²) in [5.41, 5.74) is 1.06. The molecule has 0 radical (unpaired) electrons. The number of halogens is 1. The van der Waals surface area contributed by atoms with Crippen molar-refractivity contribution in [3.05, 3.63) is 23.9 Å². The summed E-state index contributed by atoms with van der Waals surface area (Å²) in [5, 5.41) is 6.17. The summed E-state index contributed by atoms with van der Waals surface area (Å²) in [7, 11) is 0. The number of aliphatic imine (C=N–C) groups is 1. The van der Waals surface area contributed by atoms with E-state index in [9.17, 15) is 4.79 Å². The molecule has 1 unspecified atom stereocenters. The number of pyridine rings is 1. The summed E-state index contributed by atoms with van der Waals surface area (Å²) in [6, 6.07) is 3.74. The Morgan fingerprint density at radius 3 is 2.75 bits per heavy atom. The number of nitrogens with zero attached hydrogens (tertiary/aromatic N) is 3. The van der Waals surface area contributed by atoms with E-state index in [1.807, 2.05) is 19.1 Å². The number of ether oxygens (including phenoxy) is 2. The van der Waals surface area contributed by atoms with Gasteiger partial charge in [0.2, 0.25) is 5.91 Å². The van der Waals surface area contributed by atoms with Crippen LogP contribution in [-0.2, 0) is 14.3 Å². The third-order valence-corrected chi connectivity index (χ3v) is 5.65. The molecule has 2 aliphatic rings. The molecule has 0 aliphatic carbocycles. The molecular weight excluding hydrogens is 521 g/mol. The average molecular weight is 559 g/mol. The molecule has 1 amide bonds. The number of amides is 1. The van der Waals surface area contributed by atoms with E-state index in [0.717, 1.165) is 57.0 Å². The fourth-order valence-corrected chi connectivity index (χ4v) is 3.85. The summed E-state index contributed by atoms with van der Waals surface area (Å²) in [5.74, 6) is 1.37. The molecule has 2 saturated heterocycles. The van der Waals surface area contributed by atoms with Crippen molar-refractivity contribution < 1.29 is 14.3 Å². The molecule has 1 aromatic heterocycles. The smallest absolute Gasteiger partial charge is 0.227 e. The standard InChI is InChI=1S/C23H37N5O3.HI/c1-3-24-23(25-12-9-22(29)27-21-8-7-18(2)16-26-21)28-13-10-19(11-14-28)31-17-20-6-4-5-15-30-20;/h7-8,16,19-20H,3-6,9-15,17H2,1-2H3,(H,24,25)(H,26,27,29);1H. The van der Waals surface area contributed by atoms with Gasteiger partial charge in [0.25, 0.3) is 0 Å². The minimum absolute atomic E-state index is 0. The fraction of sp³-hybridized carbons (Fsp3) is 0.696. The highest BCUT2D eigenvalue weighted by Crippen LogP contribution is 2.18. The largest absolute Gasteiger partial charge is 0.376 e. The molecular formula is C23H38IN5O3. The van der Waals surface area contributed by atoms with E-state index in [2.05, 4.69) is 32.4 Å². The van der Waals surface area contributed by atoms with Crippen LogP contribution in [0.2, 0.25) is 0 Å². The highest BCUT2D eigenvalue weighted by molar-refractivity contribution is 14.0. The molecule has 0 saturated carbocycles. The number of hydrogen-bond donors (Lipinski definition) is 2. The van der Waals surface area contributed by atoms with Crippen LogP contribution in [0.5, 0.6) is 0 Å². The average Bonchev–Trinajstić information content (AvgIpc) is 2.80. The number of hydrogen-bond acceptors (Lipinski definition) is 5. The molecule has 8 nitrogen and oxygen atoms in total. The van der Waals surface area contributed by atoms with E-state index in [-0.39, 0.29) is 42.1 Å². The molecule has 3 rings (SSSR count). The second-order valence-electron chi connectivity index (χ2n) is 8.26. The lowest BCUT2D eigenvalue weighted by Crippen LogP contribution is -2.47. The molecule has 9 heteroatoms. The van der Waals surface area contributed by atoms with Crippen LogP contribution < -0.4 is 10.6 Å². The lowest BCUT2D eigenvalue weighted by atomic mass is 10.1. The molecule has 2 aliphatic heterocycles. The summed E-state index contributed by atoms with van der Waals surface area (Å²) in [6.45, 7) is 8.66. The van der Waals surface area contributed by atoms with Crippen molar-refractivity contribution in [2.24, 2.45) is 4.99 Å². The Morgan fingerprint density at radius 2 is 2.09 bits per heavy atom. The molecule has 2 fully saturated rings. The fourth-order valence-electron chi connectivity index (χ4n) is 3.85. The zero-order chi connectivity index (χ0) is 21.9. The van der Waals surface area contributed by atoms with Crippen molar-refractivity contribution in [2.45, 2.75) is 64.6 Å². The molecule has 0 bridgehead atoms. The van der Waals surface area contributed by atoms with Gasteiger partial charge in [0.1, 0.15) is 5.82 Å². The molecule has 1 aromatic rings. The van der Waals surface area contributed by atoms with Crippen LogP contribution in [0.15, 0.2) is 23.3 Å². The van der Waals surface area contributed by atoms with Gasteiger partial charge in [-0.05, 0) is 57.6 Å². The molecule has 1 atom stereocenters. The highest BCUT2D eigenvalue weighted by Gasteiger charge is 2.23. The van der Waals surface area contributed by atoms with Gasteiger partial charge in [-0.15, -0.1) is 24.0 Å². The number of carbonyl (C=O) groups excluding carboxylic acids is 1. The van der Waals surface area contributed by atoms with E-state index in [1.54, 1.807) is 6.20 Å². The second kappa shape index (κ2) is 14.6. The Balaban J connectivity index is 0.00000363. The quantitative estimate of drug-likeness (QED) is 0.289. The molecule has 3 heterocycles. The predicted molar refractivity (Wildman–Crippen MR) is 138 cm³/mol. The zero-order valence-electron chi connectivity index (χ0n) is 19.3. The van der Waals surface area contributed by atoms with Crippen molar-refractivity contribution >= 4 is 41.7 Å². The van der Waals surface area contributed by atoms with Gasteiger partial charge in [0.15, 0.2) is 5.96 Å². The Bertz CT molecular complexity index is 702. The van der Waals surface area contributed by atoms with Gasteiger partial charge in [-0.3, -0.25) is 9.79 Å². The minimum Gasteiger partial charge on any atom is -0.376 e. The van der Waals surface area contributed by atoms with Crippen LogP contribution in [0.4, 0.5) is 5.82 Å². The van der Waals surface area contributed by atoms with Crippen LogP contribution in [-0.4, -0.2) is 73.4 Å². The maximum atomic E-state index is 12.2. The number of nitrogens with one attached hydrogen (secondary N) is 2. The number of guanidine groups is 1. The first-order chi connectivity index (χ1) is 15.1. The van der Waals surface area contributed by atoms with Crippen LogP contribution in [0.25, 0.3) is 0 Å². The van der Waals surface area contributed by atoms with Gasteiger partial charge < -0.3 is 25.0 Å². The number of anilines is 1. The molecule has 0 aromatic carbocycles. The predicted octanol–water partition coefficient (Wildman–Crippen LogP) is 3.35. The van der Waals surface area contributed by atoms with Crippen molar-refractivity contribution in [3.63, 3.8) is 0 Å². The normalized spacial score (nSPS) is 19.9. The van der Waals surface area contributed by atoms with Gasteiger partial charge in [-0.1, -0.05) is 6.07 Å². The van der Waals surface area contributed by atoms with Crippen LogP contribution >= 0.6 is 24.0 Å².